The van der Waals surface area contributed by atoms with Gasteiger partial charge in [-0.2, -0.15) is 16.8 Å². The highest BCUT2D eigenvalue weighted by Gasteiger charge is 2.14. The molecule has 0 spiro atoms. The molecule has 0 unspecified atom stereocenters. The number of amides is 1. The van der Waals surface area contributed by atoms with E-state index in [0.717, 1.165) is 7.11 Å². The number of hydrogen-bond donors (Lipinski definition) is 4. The van der Waals surface area contributed by atoms with Crippen molar-refractivity contribution in [3.8, 4) is 0 Å². The number of nitrogens with one attached hydrogen (secondary N) is 3. The van der Waals surface area contributed by atoms with Crippen molar-refractivity contribution in [3.05, 3.63) is 24.3 Å². The van der Waals surface area contributed by atoms with Gasteiger partial charge < -0.3 is 4.74 Å². The van der Waals surface area contributed by atoms with Crippen LogP contribution in [0.1, 0.15) is 0 Å². The Hall–Kier alpha value is -2.05. The summed E-state index contributed by atoms with van der Waals surface area (Å²) in [6, 6.07) is 5.24. The zero-order chi connectivity index (χ0) is 15.4. The third kappa shape index (κ3) is 5.73. The van der Waals surface area contributed by atoms with Gasteiger partial charge >= 0.3 is 16.3 Å². The lowest BCUT2D eigenvalue weighted by Gasteiger charge is -2.10. The summed E-state index contributed by atoms with van der Waals surface area (Å²) in [6.45, 7) is 0. The molecule has 0 saturated heterocycles. The highest BCUT2D eigenvalue weighted by molar-refractivity contribution is 7.91. The third-order valence-corrected chi connectivity index (χ3v) is 3.24. The number of nitrogens with two attached hydrogens (primary N) is 1. The Morgan fingerprint density at radius 2 is 1.70 bits per heavy atom. The molecule has 1 aromatic carbocycles. The summed E-state index contributed by atoms with van der Waals surface area (Å²) in [4.78, 5) is 10.8. The standard InChI is InChI=1S/C8H12N4O6S2/c1-18-8(13)12-20(16,17)11-7-4-2-3-6(5-7)10-19(9,14)15/h2-5,10-11H,1H3,(H,12,13)(H2,9,14,15). The lowest BCUT2D eigenvalue weighted by Crippen LogP contribution is -2.35. The lowest BCUT2D eigenvalue weighted by atomic mass is 10.3. The van der Waals surface area contributed by atoms with Crippen LogP contribution in [0.4, 0.5) is 16.2 Å². The molecule has 0 heterocycles. The molecular weight excluding hydrogens is 312 g/mol. The van der Waals surface area contributed by atoms with E-state index in [-0.39, 0.29) is 11.4 Å². The molecule has 10 nitrogen and oxygen atoms in total. The zero-order valence-corrected chi connectivity index (χ0v) is 11.8. The SMILES string of the molecule is COC(=O)NS(=O)(=O)Nc1cccc(NS(N)(=O)=O)c1. The first-order valence-electron chi connectivity index (χ1n) is 4.90. The summed E-state index contributed by atoms with van der Waals surface area (Å²) >= 11 is 0. The van der Waals surface area contributed by atoms with Gasteiger partial charge in [-0.15, -0.1) is 0 Å². The molecule has 0 aliphatic rings. The number of anilines is 2. The van der Waals surface area contributed by atoms with Crippen molar-refractivity contribution < 1.29 is 26.4 Å². The second kappa shape index (κ2) is 5.94. The van der Waals surface area contributed by atoms with Crippen LogP contribution in [-0.4, -0.2) is 30.0 Å². The van der Waals surface area contributed by atoms with Crippen molar-refractivity contribution in [2.45, 2.75) is 0 Å². The second-order valence-electron chi connectivity index (χ2n) is 3.43. The van der Waals surface area contributed by atoms with Crippen LogP contribution in [-0.2, 0) is 25.2 Å². The highest BCUT2D eigenvalue weighted by Crippen LogP contribution is 2.16. The van der Waals surface area contributed by atoms with Crippen molar-refractivity contribution in [2.75, 3.05) is 16.6 Å². The van der Waals surface area contributed by atoms with Crippen LogP contribution in [0.25, 0.3) is 0 Å². The summed E-state index contributed by atoms with van der Waals surface area (Å²) in [6.07, 6.45) is -1.17. The van der Waals surface area contributed by atoms with Crippen LogP contribution < -0.4 is 19.3 Å². The van der Waals surface area contributed by atoms with Crippen LogP contribution in [0.2, 0.25) is 0 Å². The molecule has 0 radical (unpaired) electrons. The minimum atomic E-state index is -4.19. The van der Waals surface area contributed by atoms with Crippen LogP contribution in [0.3, 0.4) is 0 Å². The minimum absolute atomic E-state index is 0.00931. The number of benzene rings is 1. The Labute approximate surface area is 115 Å². The molecule has 20 heavy (non-hydrogen) atoms. The van der Waals surface area contributed by atoms with Gasteiger partial charge in [0.1, 0.15) is 0 Å². The van der Waals surface area contributed by atoms with Gasteiger partial charge in [0, 0.05) is 0 Å². The average molecular weight is 324 g/mol. The largest absolute Gasteiger partial charge is 0.452 e. The van der Waals surface area contributed by atoms with E-state index in [9.17, 15) is 21.6 Å². The van der Waals surface area contributed by atoms with Gasteiger partial charge in [0.25, 0.3) is 10.2 Å². The summed E-state index contributed by atoms with van der Waals surface area (Å²) in [5.41, 5.74) is 0.0563. The third-order valence-electron chi connectivity index (χ3n) is 1.78. The zero-order valence-electron chi connectivity index (χ0n) is 10.2. The summed E-state index contributed by atoms with van der Waals surface area (Å²) in [5, 5.41) is 4.78. The van der Waals surface area contributed by atoms with Gasteiger partial charge in [0.05, 0.1) is 18.5 Å². The fourth-order valence-electron chi connectivity index (χ4n) is 1.14. The molecule has 0 saturated carbocycles. The van der Waals surface area contributed by atoms with E-state index >= 15 is 0 Å². The topological polar surface area (TPSA) is 157 Å². The molecule has 0 aliphatic carbocycles. The minimum Gasteiger partial charge on any atom is -0.452 e. The monoisotopic (exact) mass is 324 g/mol. The first-order valence-corrected chi connectivity index (χ1v) is 7.93. The predicted molar refractivity (Wildman–Crippen MR) is 71.3 cm³/mol. The lowest BCUT2D eigenvalue weighted by molar-refractivity contribution is 0.177. The van der Waals surface area contributed by atoms with Gasteiger partial charge in [0.2, 0.25) is 0 Å². The molecule has 12 heteroatoms. The van der Waals surface area contributed by atoms with Crippen LogP contribution >= 0.6 is 0 Å². The van der Waals surface area contributed by atoms with Gasteiger partial charge in [-0.05, 0) is 18.2 Å². The van der Waals surface area contributed by atoms with E-state index < -0.39 is 26.5 Å². The Morgan fingerprint density at radius 3 is 2.20 bits per heavy atom. The molecule has 5 N–H and O–H groups in total. The Morgan fingerprint density at radius 1 is 1.15 bits per heavy atom. The molecule has 0 bridgehead atoms. The van der Waals surface area contributed by atoms with Crippen molar-refractivity contribution in [1.82, 2.24) is 4.72 Å². The van der Waals surface area contributed by atoms with E-state index in [2.05, 4.69) is 4.74 Å². The molecule has 1 amide bonds. The van der Waals surface area contributed by atoms with Gasteiger partial charge in [-0.3, -0.25) is 9.44 Å². The van der Waals surface area contributed by atoms with E-state index in [1.807, 2.05) is 9.44 Å². The highest BCUT2D eigenvalue weighted by atomic mass is 32.2. The number of hydrogen-bond acceptors (Lipinski definition) is 6. The van der Waals surface area contributed by atoms with Crippen LogP contribution in [0.15, 0.2) is 24.3 Å². The average Bonchev–Trinajstić information content (AvgIpc) is 2.25. The molecule has 1 rings (SSSR count). The smallest absolute Gasteiger partial charge is 0.422 e. The van der Waals surface area contributed by atoms with E-state index in [1.165, 1.54) is 24.3 Å². The molecule has 112 valence electrons. The maximum absolute atomic E-state index is 11.5. The molecular formula is C8H12N4O6S2. The number of methoxy groups -OCH3 is 1. The summed E-state index contributed by atoms with van der Waals surface area (Å²) in [7, 11) is -7.17. The van der Waals surface area contributed by atoms with Gasteiger partial charge in [-0.25, -0.2) is 14.7 Å². The Kier molecular flexibility index (Phi) is 4.75. The Balaban J connectivity index is 2.88. The molecule has 0 aromatic heterocycles. The molecule has 0 atom stereocenters. The molecule has 0 aliphatic heterocycles. The Bertz CT molecular complexity index is 699. The van der Waals surface area contributed by atoms with Crippen molar-refractivity contribution >= 4 is 37.9 Å². The number of carbonyl (C=O) groups is 1. The van der Waals surface area contributed by atoms with E-state index in [1.54, 1.807) is 4.72 Å². The maximum atomic E-state index is 11.5. The van der Waals surface area contributed by atoms with Crippen molar-refractivity contribution in [2.24, 2.45) is 5.14 Å². The number of ether oxygens (including phenoxy) is 1. The number of carbonyl (C=O) groups excluding carboxylic acids is 1. The van der Waals surface area contributed by atoms with Crippen LogP contribution in [0, 0.1) is 0 Å². The number of rotatable bonds is 5. The summed E-state index contributed by atoms with van der Waals surface area (Å²) < 4.78 is 54.3. The molecule has 0 fully saturated rings. The summed E-state index contributed by atoms with van der Waals surface area (Å²) in [5.74, 6) is 0. The first kappa shape index (κ1) is 16.0. The van der Waals surface area contributed by atoms with Gasteiger partial charge in [-0.1, -0.05) is 6.07 Å². The van der Waals surface area contributed by atoms with Gasteiger partial charge in [0.15, 0.2) is 0 Å². The normalized spacial score (nSPS) is 11.5. The maximum Gasteiger partial charge on any atom is 0.422 e. The second-order valence-corrected chi connectivity index (χ2v) is 6.14. The van der Waals surface area contributed by atoms with Crippen LogP contribution in [0.5, 0.6) is 0 Å². The fraction of sp³-hybridized carbons (Fsp3) is 0.125. The quantitative estimate of drug-likeness (QED) is 0.561. The van der Waals surface area contributed by atoms with Crippen molar-refractivity contribution in [1.29, 1.82) is 0 Å². The van der Waals surface area contributed by atoms with E-state index in [0.29, 0.717) is 0 Å². The predicted octanol–water partition coefficient (Wildman–Crippen LogP) is -0.685. The van der Waals surface area contributed by atoms with Crippen molar-refractivity contribution in [3.63, 3.8) is 0 Å². The van der Waals surface area contributed by atoms with E-state index in [4.69, 9.17) is 5.14 Å². The first-order chi connectivity index (χ1) is 9.11. The molecule has 1 aromatic rings. The fourth-order valence-corrected chi connectivity index (χ4v) is 2.39.